The van der Waals surface area contributed by atoms with Gasteiger partial charge >= 0.3 is 5.97 Å². The molecule has 0 bridgehead atoms. The number of carbonyl (C=O) groups excluding carboxylic acids is 2. The van der Waals surface area contributed by atoms with Crippen LogP contribution in [0.3, 0.4) is 0 Å². The third-order valence-corrected chi connectivity index (χ3v) is 6.27. The van der Waals surface area contributed by atoms with Gasteiger partial charge in [-0.25, -0.2) is 17.9 Å². The van der Waals surface area contributed by atoms with Crippen molar-refractivity contribution in [3.63, 3.8) is 0 Å². The predicted octanol–water partition coefficient (Wildman–Crippen LogP) is 2.35. The van der Waals surface area contributed by atoms with Crippen LogP contribution in [0.25, 0.3) is 0 Å². The molecule has 1 aromatic rings. The summed E-state index contributed by atoms with van der Waals surface area (Å²) in [6.07, 6.45) is 2.36. The van der Waals surface area contributed by atoms with Crippen LogP contribution in [0.2, 0.25) is 0 Å². The van der Waals surface area contributed by atoms with Gasteiger partial charge in [0.1, 0.15) is 0 Å². The summed E-state index contributed by atoms with van der Waals surface area (Å²) in [5, 5.41) is 2.76. The topological polar surface area (TPSA) is 102 Å². The number of halogens is 1. The van der Waals surface area contributed by atoms with Crippen LogP contribution in [0.5, 0.6) is 0 Å². The summed E-state index contributed by atoms with van der Waals surface area (Å²) in [7, 11) is -3.69. The van der Waals surface area contributed by atoms with Gasteiger partial charge in [0, 0.05) is 16.1 Å². The van der Waals surface area contributed by atoms with Gasteiger partial charge in [0.05, 0.1) is 10.5 Å². The van der Waals surface area contributed by atoms with Gasteiger partial charge in [-0.1, -0.05) is 6.92 Å². The first-order valence-corrected chi connectivity index (χ1v) is 10.6. The first-order valence-electron chi connectivity index (χ1n) is 8.34. The van der Waals surface area contributed by atoms with E-state index in [2.05, 4.69) is 26.0 Å². The van der Waals surface area contributed by atoms with Crippen LogP contribution in [0, 0.1) is 0 Å². The minimum Gasteiger partial charge on any atom is -0.452 e. The Hall–Kier alpha value is -1.45. The minimum absolute atomic E-state index is 0.0175. The number of rotatable bonds is 8. The van der Waals surface area contributed by atoms with Gasteiger partial charge in [-0.2, -0.15) is 0 Å². The van der Waals surface area contributed by atoms with E-state index in [1.807, 2.05) is 20.8 Å². The second-order valence-corrected chi connectivity index (χ2v) is 9.47. The van der Waals surface area contributed by atoms with Crippen molar-refractivity contribution in [1.29, 1.82) is 0 Å². The van der Waals surface area contributed by atoms with Crippen LogP contribution in [0.15, 0.2) is 27.6 Å². The second-order valence-electron chi connectivity index (χ2n) is 6.90. The average molecular weight is 447 g/mol. The summed E-state index contributed by atoms with van der Waals surface area (Å²) < 4.78 is 32.5. The molecule has 1 aromatic carbocycles. The number of esters is 1. The number of benzene rings is 1. The molecule has 144 valence electrons. The van der Waals surface area contributed by atoms with Crippen molar-refractivity contribution in [2.75, 3.05) is 6.61 Å². The van der Waals surface area contributed by atoms with Gasteiger partial charge in [-0.15, -0.1) is 0 Å². The number of hydrogen-bond acceptors (Lipinski definition) is 5. The van der Waals surface area contributed by atoms with Gasteiger partial charge < -0.3 is 10.1 Å². The van der Waals surface area contributed by atoms with Crippen LogP contribution in [0.4, 0.5) is 0 Å². The van der Waals surface area contributed by atoms with Crippen molar-refractivity contribution >= 4 is 37.8 Å². The summed E-state index contributed by atoms with van der Waals surface area (Å²) in [5.41, 5.74) is -0.349. The summed E-state index contributed by atoms with van der Waals surface area (Å²) >= 11 is 3.21. The highest BCUT2D eigenvalue weighted by Crippen LogP contribution is 2.25. The molecule has 0 unspecified atom stereocenters. The van der Waals surface area contributed by atoms with E-state index in [1.165, 1.54) is 18.2 Å². The highest BCUT2D eigenvalue weighted by Gasteiger charge is 2.29. The molecule has 0 spiro atoms. The molecule has 1 aliphatic rings. The molecule has 2 rings (SSSR count). The highest BCUT2D eigenvalue weighted by molar-refractivity contribution is 9.10. The van der Waals surface area contributed by atoms with Gasteiger partial charge in [-0.3, -0.25) is 4.79 Å². The van der Waals surface area contributed by atoms with Crippen molar-refractivity contribution in [3.8, 4) is 0 Å². The number of carbonyl (C=O) groups is 2. The fraction of sp³-hybridized carbons (Fsp3) is 0.529. The fourth-order valence-corrected chi connectivity index (χ4v) is 3.77. The Bertz CT molecular complexity index is 803. The van der Waals surface area contributed by atoms with Crippen molar-refractivity contribution in [2.24, 2.45) is 0 Å². The Labute approximate surface area is 162 Å². The standard InChI is InChI=1S/C17H23BrN2O5S/c1-4-17(2,3)19-15(21)10-25-16(22)13-9-12(7-8-14(13)18)26(23,24)20-11-5-6-11/h7-9,11,20H,4-6,10H2,1-3H3,(H,19,21). The third kappa shape index (κ3) is 5.78. The summed E-state index contributed by atoms with van der Waals surface area (Å²) in [6.45, 7) is 5.23. The summed E-state index contributed by atoms with van der Waals surface area (Å²) in [5.74, 6) is -1.19. The van der Waals surface area contributed by atoms with Crippen molar-refractivity contribution in [3.05, 3.63) is 28.2 Å². The minimum atomic E-state index is -3.69. The molecule has 0 radical (unpaired) electrons. The molecule has 0 aliphatic heterocycles. The zero-order valence-electron chi connectivity index (χ0n) is 15.0. The molecule has 0 atom stereocenters. The third-order valence-electron chi connectivity index (χ3n) is 4.06. The Morgan fingerprint density at radius 2 is 1.96 bits per heavy atom. The molecule has 1 aliphatic carbocycles. The Morgan fingerprint density at radius 1 is 1.31 bits per heavy atom. The smallest absolute Gasteiger partial charge is 0.339 e. The van der Waals surface area contributed by atoms with E-state index < -0.39 is 34.0 Å². The Kier molecular flexibility index (Phi) is 6.46. The lowest BCUT2D eigenvalue weighted by Crippen LogP contribution is -2.44. The molecular weight excluding hydrogens is 424 g/mol. The molecule has 0 aromatic heterocycles. The number of ether oxygens (including phenoxy) is 1. The van der Waals surface area contributed by atoms with Crippen molar-refractivity contribution < 1.29 is 22.7 Å². The van der Waals surface area contributed by atoms with E-state index in [1.54, 1.807) is 0 Å². The zero-order chi connectivity index (χ0) is 19.5. The van der Waals surface area contributed by atoms with Crippen LogP contribution in [-0.4, -0.2) is 38.5 Å². The molecule has 1 saturated carbocycles. The first-order chi connectivity index (χ1) is 12.0. The van der Waals surface area contributed by atoms with Gasteiger partial charge in [0.25, 0.3) is 5.91 Å². The summed E-state index contributed by atoms with van der Waals surface area (Å²) in [4.78, 5) is 24.1. The summed E-state index contributed by atoms with van der Waals surface area (Å²) in [6, 6.07) is 4.08. The Balaban J connectivity index is 2.06. The normalized spacial score (nSPS) is 14.8. The molecule has 26 heavy (non-hydrogen) atoms. The maximum atomic E-state index is 12.3. The zero-order valence-corrected chi connectivity index (χ0v) is 17.4. The number of sulfonamides is 1. The Morgan fingerprint density at radius 3 is 2.54 bits per heavy atom. The lowest BCUT2D eigenvalue weighted by Gasteiger charge is -2.24. The lowest BCUT2D eigenvalue weighted by molar-refractivity contribution is -0.125. The fourth-order valence-electron chi connectivity index (χ4n) is 2.03. The molecule has 2 N–H and O–H groups in total. The molecule has 0 saturated heterocycles. The van der Waals surface area contributed by atoms with Crippen LogP contribution >= 0.6 is 15.9 Å². The SMILES string of the molecule is CCC(C)(C)NC(=O)COC(=O)c1cc(S(=O)(=O)NC2CC2)ccc1Br. The number of nitrogens with one attached hydrogen (secondary N) is 2. The van der Waals surface area contributed by atoms with Crippen LogP contribution in [-0.2, 0) is 19.6 Å². The monoisotopic (exact) mass is 446 g/mol. The largest absolute Gasteiger partial charge is 0.452 e. The van der Waals surface area contributed by atoms with E-state index >= 15 is 0 Å². The van der Waals surface area contributed by atoms with E-state index in [-0.39, 0.29) is 16.5 Å². The molecule has 1 fully saturated rings. The van der Waals surface area contributed by atoms with E-state index in [9.17, 15) is 18.0 Å². The van der Waals surface area contributed by atoms with Gasteiger partial charge in [0.2, 0.25) is 10.0 Å². The molecule has 1 amide bonds. The van der Waals surface area contributed by atoms with Gasteiger partial charge in [-0.05, 0) is 67.2 Å². The quantitative estimate of drug-likeness (QED) is 0.596. The average Bonchev–Trinajstić information content (AvgIpc) is 3.35. The highest BCUT2D eigenvalue weighted by atomic mass is 79.9. The molecule has 0 heterocycles. The predicted molar refractivity (Wildman–Crippen MR) is 100 cm³/mol. The van der Waals surface area contributed by atoms with E-state index in [0.717, 1.165) is 19.3 Å². The number of hydrogen-bond donors (Lipinski definition) is 2. The van der Waals surface area contributed by atoms with Crippen LogP contribution in [0.1, 0.15) is 50.4 Å². The first kappa shape index (κ1) is 20.9. The van der Waals surface area contributed by atoms with Crippen molar-refractivity contribution in [2.45, 2.75) is 56.5 Å². The second kappa shape index (κ2) is 8.06. The molecular formula is C17H23BrN2O5S. The maximum absolute atomic E-state index is 12.3. The van der Waals surface area contributed by atoms with Gasteiger partial charge in [0.15, 0.2) is 6.61 Å². The maximum Gasteiger partial charge on any atom is 0.339 e. The molecule has 7 nitrogen and oxygen atoms in total. The number of amides is 1. The van der Waals surface area contributed by atoms with E-state index in [4.69, 9.17) is 4.74 Å². The van der Waals surface area contributed by atoms with E-state index in [0.29, 0.717) is 4.47 Å². The van der Waals surface area contributed by atoms with Crippen LogP contribution < -0.4 is 10.0 Å². The molecule has 9 heteroatoms. The lowest BCUT2D eigenvalue weighted by atomic mass is 10.0. The van der Waals surface area contributed by atoms with Crippen molar-refractivity contribution in [1.82, 2.24) is 10.0 Å².